The van der Waals surface area contributed by atoms with Crippen LogP contribution in [0.5, 0.6) is 0 Å². The first kappa shape index (κ1) is 12.8. The molecular weight excluding hydrogens is 230 g/mol. The van der Waals surface area contributed by atoms with Crippen molar-refractivity contribution in [3.8, 4) is 0 Å². The van der Waals surface area contributed by atoms with Gasteiger partial charge in [-0.25, -0.2) is 0 Å². The van der Waals surface area contributed by atoms with Crippen LogP contribution < -0.4 is 4.90 Å². The summed E-state index contributed by atoms with van der Waals surface area (Å²) in [6.45, 7) is 2.16. The number of aliphatic hydroxyl groups is 2. The molecule has 0 saturated carbocycles. The molecule has 96 valence electrons. The molecule has 2 rings (SSSR count). The minimum absolute atomic E-state index is 0.228. The normalized spacial score (nSPS) is 27.9. The van der Waals surface area contributed by atoms with Gasteiger partial charge in [0.15, 0.2) is 17.6 Å². The van der Waals surface area contributed by atoms with Gasteiger partial charge in [-0.3, -0.25) is 4.79 Å². The van der Waals surface area contributed by atoms with Crippen LogP contribution in [-0.2, 0) is 4.79 Å². The van der Waals surface area contributed by atoms with Gasteiger partial charge in [-0.2, -0.15) is 0 Å². The molecule has 1 aliphatic heterocycles. The monoisotopic (exact) mass is 247 g/mol. The number of carbonyl (C=O) groups is 1. The molecule has 4 heteroatoms. The number of hydrogen-bond acceptors (Lipinski definition) is 4. The van der Waals surface area contributed by atoms with E-state index in [-0.39, 0.29) is 6.42 Å². The first-order valence-corrected chi connectivity index (χ1v) is 5.99. The fourth-order valence-corrected chi connectivity index (χ4v) is 2.24. The number of rotatable bonds is 3. The number of aliphatic hydroxyl groups excluding tert-OH is 1. The Morgan fingerprint density at radius 1 is 1.44 bits per heavy atom. The van der Waals surface area contributed by atoms with Gasteiger partial charge in [0.1, 0.15) is 0 Å². The summed E-state index contributed by atoms with van der Waals surface area (Å²) in [4.78, 5) is 13.5. The maximum atomic E-state index is 11.8. The van der Waals surface area contributed by atoms with Crippen LogP contribution in [0.2, 0.25) is 0 Å². The highest BCUT2D eigenvalue weighted by Crippen LogP contribution is 2.32. The first-order valence-electron chi connectivity index (χ1n) is 5.99. The van der Waals surface area contributed by atoms with Crippen LogP contribution >= 0.6 is 0 Å². The number of carbonyl (C=O) groups excluding carboxylic acids is 1. The molecule has 2 atom stereocenters. The summed E-state index contributed by atoms with van der Waals surface area (Å²) in [7, 11) is 0. The molecule has 0 aromatic heterocycles. The quantitative estimate of drug-likeness (QED) is 0.785. The smallest absolute Gasteiger partial charge is 0.191 e. The lowest BCUT2D eigenvalue weighted by atomic mass is 9.95. The molecule has 0 amide bonds. The fraction of sp³-hybridized carbons (Fsp3) is 0.357. The number of benzene rings is 1. The minimum atomic E-state index is -1.71. The molecule has 1 saturated heterocycles. The molecule has 1 aliphatic rings. The zero-order valence-corrected chi connectivity index (χ0v) is 10.3. The Morgan fingerprint density at radius 2 is 2.11 bits per heavy atom. The van der Waals surface area contributed by atoms with Gasteiger partial charge in [-0.15, -0.1) is 0 Å². The largest absolute Gasteiger partial charge is 0.377 e. The van der Waals surface area contributed by atoms with Crippen molar-refractivity contribution >= 4 is 11.5 Å². The van der Waals surface area contributed by atoms with Crippen LogP contribution in [0.4, 0.5) is 5.69 Å². The van der Waals surface area contributed by atoms with E-state index in [0.717, 1.165) is 5.69 Å². The topological polar surface area (TPSA) is 60.8 Å². The highest BCUT2D eigenvalue weighted by Gasteiger charge is 2.49. The Kier molecular flexibility index (Phi) is 3.50. The molecule has 1 aromatic carbocycles. The summed E-state index contributed by atoms with van der Waals surface area (Å²) in [5.74, 6) is -0.448. The SMILES string of the molecule is CC=CC(=O)C1(O)CCN(c2ccccc2)[C@H]1O. The maximum absolute atomic E-state index is 11.8. The van der Waals surface area contributed by atoms with E-state index in [1.54, 1.807) is 17.9 Å². The standard InChI is InChI=1S/C14H17NO3/c1-2-6-12(16)14(18)9-10-15(13(14)17)11-7-4-3-5-8-11/h2-8,13,17-18H,9-10H2,1H3/t13-,14?/m0/s1. The second kappa shape index (κ2) is 4.92. The summed E-state index contributed by atoms with van der Waals surface area (Å²) in [6, 6.07) is 9.27. The molecule has 0 bridgehead atoms. The van der Waals surface area contributed by atoms with Crippen LogP contribution in [0.25, 0.3) is 0 Å². The highest BCUT2D eigenvalue weighted by atomic mass is 16.4. The molecule has 1 aromatic rings. The van der Waals surface area contributed by atoms with E-state index in [0.29, 0.717) is 6.54 Å². The second-order valence-electron chi connectivity index (χ2n) is 4.44. The third-order valence-corrected chi connectivity index (χ3v) is 3.29. The van der Waals surface area contributed by atoms with Crippen molar-refractivity contribution in [2.75, 3.05) is 11.4 Å². The van der Waals surface area contributed by atoms with Gasteiger partial charge in [0.05, 0.1) is 0 Å². The second-order valence-corrected chi connectivity index (χ2v) is 4.44. The van der Waals surface area contributed by atoms with E-state index >= 15 is 0 Å². The zero-order chi connectivity index (χ0) is 13.2. The van der Waals surface area contributed by atoms with Crippen molar-refractivity contribution in [1.29, 1.82) is 0 Å². The lowest BCUT2D eigenvalue weighted by Gasteiger charge is -2.29. The number of anilines is 1. The predicted octanol–water partition coefficient (Wildman–Crippen LogP) is 1.09. The first-order chi connectivity index (χ1) is 8.59. The van der Waals surface area contributed by atoms with Gasteiger partial charge in [0, 0.05) is 18.7 Å². The number of allylic oxidation sites excluding steroid dienone is 1. The molecule has 18 heavy (non-hydrogen) atoms. The van der Waals surface area contributed by atoms with Gasteiger partial charge in [0.25, 0.3) is 0 Å². The molecule has 0 aliphatic carbocycles. The Labute approximate surface area is 106 Å². The van der Waals surface area contributed by atoms with E-state index in [2.05, 4.69) is 0 Å². The van der Waals surface area contributed by atoms with E-state index in [4.69, 9.17) is 0 Å². The Hall–Kier alpha value is -1.65. The lowest BCUT2D eigenvalue weighted by Crippen LogP contribution is -2.49. The van der Waals surface area contributed by atoms with Crippen LogP contribution in [0.1, 0.15) is 13.3 Å². The Bertz CT molecular complexity index is 457. The van der Waals surface area contributed by atoms with Gasteiger partial charge in [-0.1, -0.05) is 24.3 Å². The van der Waals surface area contributed by atoms with Crippen molar-refractivity contribution in [3.05, 3.63) is 42.5 Å². The summed E-state index contributed by atoms with van der Waals surface area (Å²) < 4.78 is 0. The summed E-state index contributed by atoms with van der Waals surface area (Å²) in [5.41, 5.74) is -0.906. The average molecular weight is 247 g/mol. The van der Waals surface area contributed by atoms with E-state index in [1.165, 1.54) is 6.08 Å². The van der Waals surface area contributed by atoms with Gasteiger partial charge >= 0.3 is 0 Å². The van der Waals surface area contributed by atoms with E-state index < -0.39 is 17.6 Å². The third-order valence-electron chi connectivity index (χ3n) is 3.29. The van der Waals surface area contributed by atoms with Gasteiger partial charge in [0.2, 0.25) is 0 Å². The molecular formula is C14H17NO3. The van der Waals surface area contributed by atoms with Crippen molar-refractivity contribution in [1.82, 2.24) is 0 Å². The molecule has 1 heterocycles. The Balaban J connectivity index is 2.24. The number of para-hydroxylation sites is 1. The van der Waals surface area contributed by atoms with Crippen LogP contribution in [0, 0.1) is 0 Å². The van der Waals surface area contributed by atoms with Crippen LogP contribution in [0.15, 0.2) is 42.5 Å². The number of nitrogens with zero attached hydrogens (tertiary/aromatic N) is 1. The molecule has 0 spiro atoms. The van der Waals surface area contributed by atoms with E-state index in [9.17, 15) is 15.0 Å². The van der Waals surface area contributed by atoms with Crippen molar-refractivity contribution in [3.63, 3.8) is 0 Å². The van der Waals surface area contributed by atoms with Gasteiger partial charge < -0.3 is 15.1 Å². The highest BCUT2D eigenvalue weighted by molar-refractivity contribution is 5.98. The van der Waals surface area contributed by atoms with Crippen LogP contribution in [-0.4, -0.2) is 34.4 Å². The van der Waals surface area contributed by atoms with Crippen molar-refractivity contribution in [2.45, 2.75) is 25.2 Å². The fourth-order valence-electron chi connectivity index (χ4n) is 2.24. The lowest BCUT2D eigenvalue weighted by molar-refractivity contribution is -0.140. The minimum Gasteiger partial charge on any atom is -0.377 e. The molecule has 2 N–H and O–H groups in total. The molecule has 4 nitrogen and oxygen atoms in total. The molecule has 1 fully saturated rings. The predicted molar refractivity (Wildman–Crippen MR) is 69.2 cm³/mol. The third kappa shape index (κ3) is 2.05. The number of ketones is 1. The summed E-state index contributed by atoms with van der Waals surface area (Å²) >= 11 is 0. The van der Waals surface area contributed by atoms with Crippen molar-refractivity contribution in [2.24, 2.45) is 0 Å². The molecule has 0 radical (unpaired) electrons. The van der Waals surface area contributed by atoms with E-state index in [1.807, 2.05) is 30.3 Å². The Morgan fingerprint density at radius 3 is 2.72 bits per heavy atom. The zero-order valence-electron chi connectivity index (χ0n) is 10.3. The van der Waals surface area contributed by atoms with Crippen LogP contribution in [0.3, 0.4) is 0 Å². The van der Waals surface area contributed by atoms with Gasteiger partial charge in [-0.05, 0) is 25.1 Å². The molecule has 1 unspecified atom stereocenters. The average Bonchev–Trinajstić information content (AvgIpc) is 2.69. The maximum Gasteiger partial charge on any atom is 0.191 e. The number of hydrogen-bond donors (Lipinski definition) is 2. The summed E-state index contributed by atoms with van der Waals surface area (Å²) in [5, 5.41) is 20.5. The van der Waals surface area contributed by atoms with Crippen molar-refractivity contribution < 1.29 is 15.0 Å². The summed E-state index contributed by atoms with van der Waals surface area (Å²) in [6.07, 6.45) is 1.89.